The molecule has 2 heterocycles. The predicted octanol–water partition coefficient (Wildman–Crippen LogP) is 1.55. The summed E-state index contributed by atoms with van der Waals surface area (Å²) in [6.45, 7) is 0.197. The summed E-state index contributed by atoms with van der Waals surface area (Å²) in [4.78, 5) is 25.7. The fraction of sp³-hybridized carbons (Fsp3) is 0.500. The Kier molecular flexibility index (Phi) is 4.85. The number of urea groups is 1. The summed E-state index contributed by atoms with van der Waals surface area (Å²) in [5, 5.41) is 7.85. The molecule has 2 fully saturated rings. The standard InChI is InChI=1S/C16H19F3N4O2/c17-10-1-3-11(4-2-10)21-15(25)22-12-5-6-23(8-12)14(24)13-7-16(18,19)9-20-13/h1-4,12-13,20H,5-9H2,(H2,21,22,25). The summed E-state index contributed by atoms with van der Waals surface area (Å²) in [5.74, 6) is -3.62. The van der Waals surface area contributed by atoms with Gasteiger partial charge in [-0.05, 0) is 30.7 Å². The first kappa shape index (κ1) is 17.5. The van der Waals surface area contributed by atoms with E-state index in [1.165, 1.54) is 29.2 Å². The van der Waals surface area contributed by atoms with Crippen LogP contribution < -0.4 is 16.0 Å². The lowest BCUT2D eigenvalue weighted by Crippen LogP contribution is -2.45. The Labute approximate surface area is 142 Å². The maximum absolute atomic E-state index is 13.2. The maximum Gasteiger partial charge on any atom is 0.319 e. The van der Waals surface area contributed by atoms with Crippen molar-refractivity contribution in [3.63, 3.8) is 0 Å². The highest BCUT2D eigenvalue weighted by atomic mass is 19.3. The van der Waals surface area contributed by atoms with Gasteiger partial charge in [-0.3, -0.25) is 10.1 Å². The number of likely N-dealkylation sites (tertiary alicyclic amines) is 1. The van der Waals surface area contributed by atoms with Crippen molar-refractivity contribution in [3.05, 3.63) is 30.1 Å². The number of nitrogens with one attached hydrogen (secondary N) is 3. The molecule has 2 aliphatic heterocycles. The zero-order chi connectivity index (χ0) is 18.0. The first-order valence-electron chi connectivity index (χ1n) is 8.05. The number of amides is 3. The minimum atomic E-state index is -2.85. The predicted molar refractivity (Wildman–Crippen MR) is 84.9 cm³/mol. The normalized spacial score (nSPS) is 25.0. The van der Waals surface area contributed by atoms with Crippen molar-refractivity contribution < 1.29 is 22.8 Å². The van der Waals surface area contributed by atoms with E-state index in [-0.39, 0.29) is 18.5 Å². The van der Waals surface area contributed by atoms with Crippen LogP contribution in [0.4, 0.5) is 23.7 Å². The third-order valence-electron chi connectivity index (χ3n) is 4.35. The van der Waals surface area contributed by atoms with Crippen molar-refractivity contribution in [2.24, 2.45) is 0 Å². The van der Waals surface area contributed by atoms with E-state index in [0.717, 1.165) is 0 Å². The van der Waals surface area contributed by atoms with Crippen LogP contribution >= 0.6 is 0 Å². The molecule has 3 rings (SSSR count). The highest BCUT2D eigenvalue weighted by Gasteiger charge is 2.44. The highest BCUT2D eigenvalue weighted by molar-refractivity contribution is 5.89. The van der Waals surface area contributed by atoms with Crippen LogP contribution in [0.3, 0.4) is 0 Å². The Morgan fingerprint density at radius 2 is 1.96 bits per heavy atom. The molecule has 9 heteroatoms. The molecular weight excluding hydrogens is 337 g/mol. The van der Waals surface area contributed by atoms with E-state index in [9.17, 15) is 22.8 Å². The second-order valence-corrected chi connectivity index (χ2v) is 6.37. The van der Waals surface area contributed by atoms with Gasteiger partial charge in [-0.1, -0.05) is 0 Å². The minimum Gasteiger partial charge on any atom is -0.339 e. The van der Waals surface area contributed by atoms with E-state index in [1.807, 2.05) is 0 Å². The lowest BCUT2D eigenvalue weighted by molar-refractivity contribution is -0.132. The average Bonchev–Trinajstić information content (AvgIpc) is 3.15. The Morgan fingerprint density at radius 1 is 1.24 bits per heavy atom. The zero-order valence-corrected chi connectivity index (χ0v) is 13.4. The number of nitrogens with zero attached hydrogens (tertiary/aromatic N) is 1. The van der Waals surface area contributed by atoms with Crippen LogP contribution in [0.2, 0.25) is 0 Å². The third-order valence-corrected chi connectivity index (χ3v) is 4.35. The van der Waals surface area contributed by atoms with Gasteiger partial charge in [0, 0.05) is 31.2 Å². The summed E-state index contributed by atoms with van der Waals surface area (Å²) in [6.07, 6.45) is 0.0528. The Hall–Kier alpha value is -2.29. The molecule has 2 unspecified atom stereocenters. The fourth-order valence-electron chi connectivity index (χ4n) is 3.07. The second kappa shape index (κ2) is 6.91. The molecule has 0 aromatic heterocycles. The number of hydrogen-bond donors (Lipinski definition) is 3. The summed E-state index contributed by atoms with van der Waals surface area (Å²) >= 11 is 0. The molecular formula is C16H19F3N4O2. The molecule has 2 saturated heterocycles. The van der Waals surface area contributed by atoms with Crippen LogP contribution in [0.5, 0.6) is 0 Å². The quantitative estimate of drug-likeness (QED) is 0.769. The van der Waals surface area contributed by atoms with E-state index < -0.39 is 36.8 Å². The summed E-state index contributed by atoms with van der Waals surface area (Å²) < 4.78 is 39.2. The molecule has 2 atom stereocenters. The third kappa shape index (κ3) is 4.41. The average molecular weight is 356 g/mol. The Morgan fingerprint density at radius 3 is 2.60 bits per heavy atom. The van der Waals surface area contributed by atoms with Crippen molar-refractivity contribution >= 4 is 17.6 Å². The lowest BCUT2D eigenvalue weighted by atomic mass is 10.2. The van der Waals surface area contributed by atoms with Crippen LogP contribution in [-0.4, -0.2) is 54.5 Å². The van der Waals surface area contributed by atoms with Crippen molar-refractivity contribution in [1.82, 2.24) is 15.5 Å². The fourth-order valence-corrected chi connectivity index (χ4v) is 3.07. The molecule has 1 aromatic rings. The van der Waals surface area contributed by atoms with Crippen molar-refractivity contribution in [1.29, 1.82) is 0 Å². The SMILES string of the molecule is O=C(Nc1ccc(F)cc1)NC1CCN(C(=O)C2CC(F)(F)CN2)C1. The van der Waals surface area contributed by atoms with Gasteiger partial charge in [0.2, 0.25) is 5.91 Å². The van der Waals surface area contributed by atoms with E-state index in [2.05, 4.69) is 16.0 Å². The van der Waals surface area contributed by atoms with Gasteiger partial charge < -0.3 is 15.5 Å². The second-order valence-electron chi connectivity index (χ2n) is 6.37. The molecule has 25 heavy (non-hydrogen) atoms. The molecule has 6 nitrogen and oxygen atoms in total. The monoisotopic (exact) mass is 356 g/mol. The van der Waals surface area contributed by atoms with Crippen molar-refractivity contribution in [3.8, 4) is 0 Å². The van der Waals surface area contributed by atoms with Gasteiger partial charge in [0.15, 0.2) is 0 Å². The molecule has 0 aliphatic carbocycles. The van der Waals surface area contributed by atoms with Gasteiger partial charge >= 0.3 is 6.03 Å². The van der Waals surface area contributed by atoms with Gasteiger partial charge in [0.25, 0.3) is 5.92 Å². The number of anilines is 1. The van der Waals surface area contributed by atoms with Gasteiger partial charge in [-0.15, -0.1) is 0 Å². The molecule has 1 aromatic carbocycles. The van der Waals surface area contributed by atoms with Crippen LogP contribution in [0, 0.1) is 5.82 Å². The summed E-state index contributed by atoms with van der Waals surface area (Å²) in [5.41, 5.74) is 0.446. The largest absolute Gasteiger partial charge is 0.339 e. The Balaban J connectivity index is 1.47. The lowest BCUT2D eigenvalue weighted by Gasteiger charge is -2.21. The molecule has 3 N–H and O–H groups in total. The molecule has 0 bridgehead atoms. The van der Waals surface area contributed by atoms with Gasteiger partial charge in [-0.25, -0.2) is 18.0 Å². The first-order valence-corrected chi connectivity index (χ1v) is 8.05. The maximum atomic E-state index is 13.2. The molecule has 0 radical (unpaired) electrons. The molecule has 0 saturated carbocycles. The van der Waals surface area contributed by atoms with Crippen molar-refractivity contribution in [2.75, 3.05) is 25.0 Å². The molecule has 3 amide bonds. The number of carbonyl (C=O) groups is 2. The first-order chi connectivity index (χ1) is 11.8. The van der Waals surface area contributed by atoms with Gasteiger partial charge in [0.05, 0.1) is 12.6 Å². The summed E-state index contributed by atoms with van der Waals surface area (Å²) in [7, 11) is 0. The van der Waals surface area contributed by atoms with Crippen LogP contribution in [0.1, 0.15) is 12.8 Å². The zero-order valence-electron chi connectivity index (χ0n) is 13.4. The van der Waals surface area contributed by atoms with Crippen molar-refractivity contribution in [2.45, 2.75) is 30.8 Å². The molecule has 136 valence electrons. The number of halogens is 3. The number of hydrogen-bond acceptors (Lipinski definition) is 3. The van der Waals surface area contributed by atoms with E-state index in [1.54, 1.807) is 0 Å². The van der Waals surface area contributed by atoms with E-state index in [0.29, 0.717) is 18.7 Å². The minimum absolute atomic E-state index is 0.258. The number of carbonyl (C=O) groups excluding carboxylic acids is 2. The van der Waals surface area contributed by atoms with Gasteiger partial charge in [0.1, 0.15) is 5.82 Å². The number of rotatable bonds is 3. The van der Waals surface area contributed by atoms with Crippen LogP contribution in [0.15, 0.2) is 24.3 Å². The smallest absolute Gasteiger partial charge is 0.319 e. The van der Waals surface area contributed by atoms with Gasteiger partial charge in [-0.2, -0.15) is 0 Å². The number of benzene rings is 1. The summed E-state index contributed by atoms with van der Waals surface area (Å²) in [6, 6.07) is 3.74. The topological polar surface area (TPSA) is 73.5 Å². The molecule has 2 aliphatic rings. The van der Waals surface area contributed by atoms with Crippen LogP contribution in [0.25, 0.3) is 0 Å². The van der Waals surface area contributed by atoms with E-state index >= 15 is 0 Å². The van der Waals surface area contributed by atoms with E-state index in [4.69, 9.17) is 0 Å². The highest BCUT2D eigenvalue weighted by Crippen LogP contribution is 2.26. The number of alkyl halides is 2. The Bertz CT molecular complexity index is 653. The molecule has 0 spiro atoms. The van der Waals surface area contributed by atoms with Crippen LogP contribution in [-0.2, 0) is 4.79 Å².